The summed E-state index contributed by atoms with van der Waals surface area (Å²) in [5, 5.41) is 10.4. The van der Waals surface area contributed by atoms with Gasteiger partial charge in [-0.25, -0.2) is 4.79 Å². The molecule has 1 rings (SSSR count). The average Bonchev–Trinajstić information content (AvgIpc) is 2.35. The first kappa shape index (κ1) is 13.5. The highest BCUT2D eigenvalue weighted by Gasteiger charge is 2.01. The molecule has 0 amide bonds. The largest absolute Gasteiger partial charge is 0.463 e. The fraction of sp³-hybridized carbons (Fsp3) is 0.154. The summed E-state index contributed by atoms with van der Waals surface area (Å²) in [5.41, 5.74) is 0.650. The van der Waals surface area contributed by atoms with E-state index < -0.39 is 10.9 Å². The summed E-state index contributed by atoms with van der Waals surface area (Å²) in [6.45, 7) is 2.03. The number of ether oxygens (including phenoxy) is 1. The molecule has 5 nitrogen and oxygen atoms in total. The van der Waals surface area contributed by atoms with E-state index in [0.717, 1.165) is 0 Å². The van der Waals surface area contributed by atoms with Crippen LogP contribution >= 0.6 is 0 Å². The zero-order valence-corrected chi connectivity index (χ0v) is 9.75. The van der Waals surface area contributed by atoms with Crippen molar-refractivity contribution in [3.63, 3.8) is 0 Å². The van der Waals surface area contributed by atoms with Crippen LogP contribution in [0.3, 0.4) is 0 Å². The number of esters is 1. The Balaban J connectivity index is 2.63. The molecule has 0 aromatic heterocycles. The Bertz CT molecular complexity index is 520. The lowest BCUT2D eigenvalue weighted by Crippen LogP contribution is -1.98. The van der Waals surface area contributed by atoms with Crippen LogP contribution in [0.15, 0.2) is 36.4 Å². The summed E-state index contributed by atoms with van der Waals surface area (Å²) in [5.74, 6) is 4.93. The number of hydrogen-bond donors (Lipinski definition) is 0. The van der Waals surface area contributed by atoms with Gasteiger partial charge in [0.2, 0.25) is 0 Å². The lowest BCUT2D eigenvalue weighted by Gasteiger charge is -1.92. The number of nitro groups is 1. The maximum Gasteiger partial charge on any atom is 0.331 e. The number of nitrogens with zero attached hydrogens (tertiary/aromatic N) is 1. The molecule has 18 heavy (non-hydrogen) atoms. The Morgan fingerprint density at radius 3 is 2.67 bits per heavy atom. The highest BCUT2D eigenvalue weighted by atomic mass is 16.6. The lowest BCUT2D eigenvalue weighted by molar-refractivity contribution is -0.384. The molecule has 0 aliphatic heterocycles. The van der Waals surface area contributed by atoms with Crippen molar-refractivity contribution in [2.24, 2.45) is 0 Å². The molecule has 0 aliphatic carbocycles. The van der Waals surface area contributed by atoms with Crippen LogP contribution in [0.4, 0.5) is 5.69 Å². The number of non-ortho nitro benzene ring substituents is 1. The van der Waals surface area contributed by atoms with Gasteiger partial charge in [0, 0.05) is 23.8 Å². The van der Waals surface area contributed by atoms with E-state index in [-0.39, 0.29) is 5.69 Å². The van der Waals surface area contributed by atoms with Crippen LogP contribution in [0.1, 0.15) is 12.5 Å². The van der Waals surface area contributed by atoms with Gasteiger partial charge in [-0.3, -0.25) is 10.1 Å². The molecule has 0 heterocycles. The number of nitro benzene ring substituents is 1. The van der Waals surface area contributed by atoms with Crippen molar-refractivity contribution in [1.29, 1.82) is 0 Å². The molecule has 0 saturated carbocycles. The number of allylic oxidation sites excluding steroid dienone is 1. The van der Waals surface area contributed by atoms with Gasteiger partial charge in [-0.15, -0.1) is 0 Å². The third-order valence-electron chi connectivity index (χ3n) is 1.88. The molecule has 0 aliphatic rings. The Morgan fingerprint density at radius 2 is 2.11 bits per heavy atom. The Kier molecular flexibility index (Phi) is 5.13. The molecule has 92 valence electrons. The molecule has 0 saturated heterocycles. The standard InChI is InChI=1S/C13H11NO4/c1-2-18-13(15)6-4-3-5-11-7-9-12(10-8-11)14(16)17/h4,6-10H,2H2,1H3/b6-4+. The van der Waals surface area contributed by atoms with Crippen molar-refractivity contribution in [2.75, 3.05) is 6.61 Å². The lowest BCUT2D eigenvalue weighted by atomic mass is 10.2. The van der Waals surface area contributed by atoms with E-state index in [2.05, 4.69) is 16.6 Å². The topological polar surface area (TPSA) is 69.4 Å². The number of benzene rings is 1. The van der Waals surface area contributed by atoms with Crippen LogP contribution < -0.4 is 0 Å². The maximum absolute atomic E-state index is 10.9. The number of carbonyl (C=O) groups is 1. The highest BCUT2D eigenvalue weighted by molar-refractivity contribution is 5.82. The second-order valence-corrected chi connectivity index (χ2v) is 3.16. The first-order valence-corrected chi connectivity index (χ1v) is 5.22. The fourth-order valence-electron chi connectivity index (χ4n) is 1.09. The Morgan fingerprint density at radius 1 is 1.44 bits per heavy atom. The molecule has 0 unspecified atom stereocenters. The molecule has 0 atom stereocenters. The summed E-state index contributed by atoms with van der Waals surface area (Å²) >= 11 is 0. The monoisotopic (exact) mass is 245 g/mol. The van der Waals surface area contributed by atoms with Gasteiger partial charge in [-0.05, 0) is 25.1 Å². The van der Waals surface area contributed by atoms with E-state index in [1.54, 1.807) is 19.1 Å². The molecular weight excluding hydrogens is 234 g/mol. The van der Waals surface area contributed by atoms with Gasteiger partial charge in [0.1, 0.15) is 0 Å². The molecule has 0 N–H and O–H groups in total. The van der Waals surface area contributed by atoms with Crippen molar-refractivity contribution in [1.82, 2.24) is 0 Å². The van der Waals surface area contributed by atoms with Crippen LogP contribution in [0.25, 0.3) is 0 Å². The van der Waals surface area contributed by atoms with Gasteiger partial charge in [-0.1, -0.05) is 11.8 Å². The summed E-state index contributed by atoms with van der Waals surface area (Å²) in [7, 11) is 0. The van der Waals surface area contributed by atoms with Crippen LogP contribution in [0.5, 0.6) is 0 Å². The molecule has 0 spiro atoms. The quantitative estimate of drug-likeness (QED) is 0.269. The first-order chi connectivity index (χ1) is 8.63. The van der Waals surface area contributed by atoms with Crippen LogP contribution in [-0.2, 0) is 9.53 Å². The number of hydrogen-bond acceptors (Lipinski definition) is 4. The average molecular weight is 245 g/mol. The van der Waals surface area contributed by atoms with E-state index in [4.69, 9.17) is 0 Å². The molecule has 5 heteroatoms. The predicted octanol–water partition coefficient (Wildman–Crippen LogP) is 2.07. The third-order valence-corrected chi connectivity index (χ3v) is 1.88. The van der Waals surface area contributed by atoms with Crippen LogP contribution in [0, 0.1) is 22.0 Å². The van der Waals surface area contributed by atoms with E-state index >= 15 is 0 Å². The number of carbonyl (C=O) groups excluding carboxylic acids is 1. The molecule has 1 aromatic rings. The molecular formula is C13H11NO4. The van der Waals surface area contributed by atoms with Gasteiger partial charge in [-0.2, -0.15) is 0 Å². The molecule has 0 bridgehead atoms. The summed E-state index contributed by atoms with van der Waals surface area (Å²) < 4.78 is 4.67. The Labute approximate surface area is 104 Å². The van der Waals surface area contributed by atoms with E-state index in [0.29, 0.717) is 12.2 Å². The predicted molar refractivity (Wildman–Crippen MR) is 65.7 cm³/mol. The molecule has 0 radical (unpaired) electrons. The van der Waals surface area contributed by atoms with Crippen molar-refractivity contribution in [3.05, 3.63) is 52.1 Å². The van der Waals surface area contributed by atoms with E-state index in [9.17, 15) is 14.9 Å². The van der Waals surface area contributed by atoms with Gasteiger partial charge < -0.3 is 4.74 Å². The SMILES string of the molecule is CCOC(=O)/C=C/C#Cc1ccc([N+](=O)[O-])cc1. The highest BCUT2D eigenvalue weighted by Crippen LogP contribution is 2.10. The van der Waals surface area contributed by atoms with Gasteiger partial charge in [0.05, 0.1) is 11.5 Å². The molecule has 1 aromatic carbocycles. The van der Waals surface area contributed by atoms with E-state index in [1.807, 2.05) is 0 Å². The van der Waals surface area contributed by atoms with E-state index in [1.165, 1.54) is 24.3 Å². The number of rotatable bonds is 3. The van der Waals surface area contributed by atoms with Crippen molar-refractivity contribution >= 4 is 11.7 Å². The summed E-state index contributed by atoms with van der Waals surface area (Å²) in [4.78, 5) is 20.9. The minimum atomic E-state index is -0.474. The molecule has 0 fully saturated rings. The smallest absolute Gasteiger partial charge is 0.331 e. The second-order valence-electron chi connectivity index (χ2n) is 3.16. The summed E-state index contributed by atoms with van der Waals surface area (Å²) in [6.07, 6.45) is 2.60. The third kappa shape index (κ3) is 4.49. The fourth-order valence-corrected chi connectivity index (χ4v) is 1.09. The zero-order chi connectivity index (χ0) is 13.4. The summed E-state index contributed by atoms with van der Waals surface area (Å²) in [6, 6.07) is 5.84. The first-order valence-electron chi connectivity index (χ1n) is 5.22. The van der Waals surface area contributed by atoms with Gasteiger partial charge in [0.15, 0.2) is 0 Å². The van der Waals surface area contributed by atoms with Crippen LogP contribution in [-0.4, -0.2) is 17.5 Å². The van der Waals surface area contributed by atoms with Crippen LogP contribution in [0.2, 0.25) is 0 Å². The van der Waals surface area contributed by atoms with Crippen molar-refractivity contribution in [3.8, 4) is 11.8 Å². The zero-order valence-electron chi connectivity index (χ0n) is 9.75. The second kappa shape index (κ2) is 6.86. The Hall–Kier alpha value is -2.61. The van der Waals surface area contributed by atoms with Gasteiger partial charge >= 0.3 is 5.97 Å². The minimum Gasteiger partial charge on any atom is -0.463 e. The van der Waals surface area contributed by atoms with Gasteiger partial charge in [0.25, 0.3) is 5.69 Å². The van der Waals surface area contributed by atoms with Crippen molar-refractivity contribution < 1.29 is 14.5 Å². The normalized spacial score (nSPS) is 9.61. The maximum atomic E-state index is 10.9. The minimum absolute atomic E-state index is 0.0163. The van der Waals surface area contributed by atoms with Crippen molar-refractivity contribution in [2.45, 2.75) is 6.92 Å².